The predicted molar refractivity (Wildman–Crippen MR) is 73.8 cm³/mol. The number of aryl methyl sites for hydroxylation is 1. The Morgan fingerprint density at radius 1 is 1.05 bits per heavy atom. The molecule has 0 aliphatic carbocycles. The summed E-state index contributed by atoms with van der Waals surface area (Å²) in [6.45, 7) is 3.35. The lowest BCUT2D eigenvalue weighted by atomic mass is 10.2. The molecule has 1 aromatic rings. The van der Waals surface area contributed by atoms with Crippen molar-refractivity contribution in [1.29, 1.82) is 0 Å². The van der Waals surface area contributed by atoms with Crippen LogP contribution in [-0.4, -0.2) is 35.7 Å². The van der Waals surface area contributed by atoms with Gasteiger partial charge >= 0.3 is 0 Å². The van der Waals surface area contributed by atoms with Gasteiger partial charge in [-0.3, -0.25) is 0 Å². The van der Waals surface area contributed by atoms with Crippen molar-refractivity contribution in [2.45, 2.75) is 18.7 Å². The van der Waals surface area contributed by atoms with Crippen LogP contribution in [0, 0.1) is 6.92 Å². The van der Waals surface area contributed by atoms with Crippen LogP contribution in [-0.2, 0) is 20.0 Å². The summed E-state index contributed by atoms with van der Waals surface area (Å²) in [5, 5.41) is 0. The normalized spacial score (nSPS) is 12.5. The van der Waals surface area contributed by atoms with E-state index in [-0.39, 0.29) is 23.7 Å². The van der Waals surface area contributed by atoms with Crippen molar-refractivity contribution in [3.63, 3.8) is 0 Å². The summed E-state index contributed by atoms with van der Waals surface area (Å²) in [5.74, 6) is -0.0301. The number of rotatable bonds is 7. The average Bonchev–Trinajstić information content (AvgIpc) is 2.35. The third-order valence-electron chi connectivity index (χ3n) is 2.42. The van der Waals surface area contributed by atoms with E-state index in [1.54, 1.807) is 25.1 Å². The Labute approximate surface area is 114 Å². The maximum absolute atomic E-state index is 11.9. The van der Waals surface area contributed by atoms with Crippen molar-refractivity contribution in [2.24, 2.45) is 0 Å². The predicted octanol–water partition coefficient (Wildman–Crippen LogP) is 0.213. The third-order valence-corrected chi connectivity index (χ3v) is 5.28. The van der Waals surface area contributed by atoms with Crippen molar-refractivity contribution >= 4 is 20.0 Å². The monoisotopic (exact) mass is 306 g/mol. The van der Waals surface area contributed by atoms with E-state index in [1.807, 2.05) is 0 Å². The minimum atomic E-state index is -3.59. The molecule has 0 atom stereocenters. The summed E-state index contributed by atoms with van der Waals surface area (Å²) in [5.41, 5.74) is 0.842. The lowest BCUT2D eigenvalue weighted by Gasteiger charge is -2.08. The van der Waals surface area contributed by atoms with Gasteiger partial charge in [-0.05, 0) is 31.5 Å². The van der Waals surface area contributed by atoms with Gasteiger partial charge in [0.25, 0.3) is 0 Å². The van der Waals surface area contributed by atoms with E-state index in [9.17, 15) is 16.8 Å². The fraction of sp³-hybridized carbons (Fsp3) is 0.455. The quantitative estimate of drug-likeness (QED) is 0.705. The molecule has 0 heterocycles. The molecule has 2 N–H and O–H groups in total. The molecule has 8 heteroatoms. The second-order valence-corrected chi connectivity index (χ2v) is 7.87. The summed E-state index contributed by atoms with van der Waals surface area (Å²) >= 11 is 0. The standard InChI is InChI=1S/C11H18N2O4S2/c1-3-18(14,15)12-7-8-13-19(16,17)11-6-4-5-10(2)9-11/h4-6,9,12-13H,3,7-8H2,1-2H3. The Morgan fingerprint density at radius 2 is 1.68 bits per heavy atom. The molecule has 0 saturated heterocycles. The molecular weight excluding hydrogens is 288 g/mol. The highest BCUT2D eigenvalue weighted by atomic mass is 32.2. The molecule has 108 valence electrons. The first-order valence-electron chi connectivity index (χ1n) is 5.80. The molecule has 0 radical (unpaired) electrons. The molecule has 0 bridgehead atoms. The number of nitrogens with one attached hydrogen (secondary N) is 2. The third kappa shape index (κ3) is 5.27. The van der Waals surface area contributed by atoms with Gasteiger partial charge in [-0.2, -0.15) is 0 Å². The molecule has 0 fully saturated rings. The van der Waals surface area contributed by atoms with E-state index in [0.29, 0.717) is 0 Å². The van der Waals surface area contributed by atoms with Crippen LogP contribution in [0.4, 0.5) is 0 Å². The Morgan fingerprint density at radius 3 is 2.26 bits per heavy atom. The molecular formula is C11H18N2O4S2. The van der Waals surface area contributed by atoms with Crippen LogP contribution in [0.15, 0.2) is 29.2 Å². The van der Waals surface area contributed by atoms with E-state index in [4.69, 9.17) is 0 Å². The van der Waals surface area contributed by atoms with E-state index in [2.05, 4.69) is 9.44 Å². The minimum Gasteiger partial charge on any atom is -0.214 e. The molecule has 1 rings (SSSR count). The maximum atomic E-state index is 11.9. The molecule has 0 amide bonds. The molecule has 0 aliphatic rings. The van der Waals surface area contributed by atoms with Crippen LogP contribution in [0.1, 0.15) is 12.5 Å². The van der Waals surface area contributed by atoms with Crippen molar-refractivity contribution < 1.29 is 16.8 Å². The SMILES string of the molecule is CCS(=O)(=O)NCCNS(=O)(=O)c1cccc(C)c1. The smallest absolute Gasteiger partial charge is 0.214 e. The molecule has 0 spiro atoms. The largest absolute Gasteiger partial charge is 0.240 e. The maximum Gasteiger partial charge on any atom is 0.240 e. The Hall–Kier alpha value is -0.960. The van der Waals surface area contributed by atoms with Crippen LogP contribution >= 0.6 is 0 Å². The summed E-state index contributed by atoms with van der Waals surface area (Å²) in [6.07, 6.45) is 0. The van der Waals surface area contributed by atoms with Crippen molar-refractivity contribution in [3.05, 3.63) is 29.8 Å². The van der Waals surface area contributed by atoms with Gasteiger partial charge in [0.2, 0.25) is 20.0 Å². The zero-order valence-electron chi connectivity index (χ0n) is 10.9. The van der Waals surface area contributed by atoms with Crippen LogP contribution < -0.4 is 9.44 Å². The number of benzene rings is 1. The minimum absolute atomic E-state index is 0.00943. The Balaban J connectivity index is 2.58. The van der Waals surface area contributed by atoms with E-state index in [1.165, 1.54) is 13.0 Å². The van der Waals surface area contributed by atoms with Gasteiger partial charge in [0.15, 0.2) is 0 Å². The second-order valence-electron chi connectivity index (χ2n) is 4.01. The molecule has 0 aromatic heterocycles. The van der Waals surface area contributed by atoms with Crippen molar-refractivity contribution in [3.8, 4) is 0 Å². The van der Waals surface area contributed by atoms with Gasteiger partial charge < -0.3 is 0 Å². The first-order chi connectivity index (χ1) is 8.77. The molecule has 1 aromatic carbocycles. The van der Waals surface area contributed by atoms with Crippen LogP contribution in [0.2, 0.25) is 0 Å². The first-order valence-corrected chi connectivity index (χ1v) is 8.94. The first kappa shape index (κ1) is 16.1. The van der Waals surface area contributed by atoms with Crippen LogP contribution in [0.3, 0.4) is 0 Å². The highest BCUT2D eigenvalue weighted by molar-refractivity contribution is 7.89. The van der Waals surface area contributed by atoms with Crippen molar-refractivity contribution in [1.82, 2.24) is 9.44 Å². The second kappa shape index (κ2) is 6.47. The molecule has 0 saturated carbocycles. The Kier molecular flexibility index (Phi) is 5.48. The fourth-order valence-corrected chi connectivity index (χ4v) is 3.11. The average molecular weight is 306 g/mol. The van der Waals surface area contributed by atoms with Crippen LogP contribution in [0.25, 0.3) is 0 Å². The number of sulfonamides is 2. The molecule has 0 unspecified atom stereocenters. The summed E-state index contributed by atoms with van der Waals surface area (Å²) in [7, 11) is -6.89. The summed E-state index contributed by atoms with van der Waals surface area (Å²) in [6, 6.07) is 6.50. The van der Waals surface area contributed by atoms with Gasteiger partial charge in [-0.15, -0.1) is 0 Å². The van der Waals surface area contributed by atoms with E-state index < -0.39 is 20.0 Å². The molecule has 6 nitrogen and oxygen atoms in total. The lowest BCUT2D eigenvalue weighted by molar-refractivity contribution is 0.571. The lowest BCUT2D eigenvalue weighted by Crippen LogP contribution is -2.35. The summed E-state index contributed by atoms with van der Waals surface area (Å²) in [4.78, 5) is 0.172. The highest BCUT2D eigenvalue weighted by Crippen LogP contribution is 2.09. The number of hydrogen-bond acceptors (Lipinski definition) is 4. The van der Waals surface area contributed by atoms with Gasteiger partial charge in [-0.25, -0.2) is 26.3 Å². The van der Waals surface area contributed by atoms with E-state index >= 15 is 0 Å². The fourth-order valence-electron chi connectivity index (χ4n) is 1.36. The van der Waals surface area contributed by atoms with Gasteiger partial charge in [0.05, 0.1) is 10.6 Å². The van der Waals surface area contributed by atoms with Gasteiger partial charge in [-0.1, -0.05) is 12.1 Å². The zero-order chi connectivity index (χ0) is 14.5. The summed E-state index contributed by atoms with van der Waals surface area (Å²) < 4.78 is 50.7. The topological polar surface area (TPSA) is 92.3 Å². The van der Waals surface area contributed by atoms with Gasteiger partial charge in [0.1, 0.15) is 0 Å². The Bertz CT molecular complexity index is 624. The van der Waals surface area contributed by atoms with E-state index in [0.717, 1.165) is 5.56 Å². The van der Waals surface area contributed by atoms with Crippen LogP contribution in [0.5, 0.6) is 0 Å². The van der Waals surface area contributed by atoms with Gasteiger partial charge in [0, 0.05) is 13.1 Å². The molecule has 19 heavy (non-hydrogen) atoms. The molecule has 0 aliphatic heterocycles. The highest BCUT2D eigenvalue weighted by Gasteiger charge is 2.13. The van der Waals surface area contributed by atoms with Crippen molar-refractivity contribution in [2.75, 3.05) is 18.8 Å². The number of hydrogen-bond donors (Lipinski definition) is 2. The zero-order valence-corrected chi connectivity index (χ0v) is 12.5.